The highest BCUT2D eigenvalue weighted by molar-refractivity contribution is 5.94. The second-order valence-electron chi connectivity index (χ2n) is 4.32. The van der Waals surface area contributed by atoms with Gasteiger partial charge in [-0.15, -0.1) is 0 Å². The predicted octanol–water partition coefficient (Wildman–Crippen LogP) is 1.91. The van der Waals surface area contributed by atoms with Crippen molar-refractivity contribution in [2.75, 3.05) is 0 Å². The second-order valence-corrected chi connectivity index (χ2v) is 4.32. The van der Waals surface area contributed by atoms with E-state index in [2.05, 4.69) is 0 Å². The summed E-state index contributed by atoms with van der Waals surface area (Å²) in [6.07, 6.45) is -0.916. The predicted molar refractivity (Wildman–Crippen MR) is 65.1 cm³/mol. The first-order chi connectivity index (χ1) is 9.08. The summed E-state index contributed by atoms with van der Waals surface area (Å²) in [4.78, 5) is 23.5. The monoisotopic (exact) mass is 258 g/mol. The summed E-state index contributed by atoms with van der Waals surface area (Å²) in [6.45, 7) is 1.56. The molecule has 1 aliphatic rings. The maximum atomic E-state index is 11.8. The van der Waals surface area contributed by atoms with Gasteiger partial charge >= 0.3 is 11.6 Å². The molecule has 0 radical (unpaired) electrons. The van der Waals surface area contributed by atoms with Crippen LogP contribution in [0.3, 0.4) is 0 Å². The van der Waals surface area contributed by atoms with E-state index in [1.807, 2.05) is 0 Å². The summed E-state index contributed by atoms with van der Waals surface area (Å²) in [5.41, 5.74) is 0.196. The van der Waals surface area contributed by atoms with E-state index in [0.717, 1.165) is 0 Å². The quantitative estimate of drug-likeness (QED) is 0.791. The third-order valence-electron chi connectivity index (χ3n) is 3.04. The van der Waals surface area contributed by atoms with Crippen molar-refractivity contribution in [3.63, 3.8) is 0 Å². The number of carbonyl (C=O) groups is 1. The fraction of sp³-hybridized carbons (Fsp3) is 0.143. The molecular formula is C14H10O5. The van der Waals surface area contributed by atoms with E-state index in [4.69, 9.17) is 9.15 Å². The lowest BCUT2D eigenvalue weighted by atomic mass is 10.00. The van der Waals surface area contributed by atoms with Gasteiger partial charge in [-0.25, -0.2) is 9.59 Å². The number of cyclic esters (lactones) is 1. The van der Waals surface area contributed by atoms with Crippen LogP contribution in [0, 0.1) is 6.92 Å². The highest BCUT2D eigenvalue weighted by atomic mass is 16.6. The fourth-order valence-corrected chi connectivity index (χ4v) is 2.21. The molecule has 0 aliphatic carbocycles. The van der Waals surface area contributed by atoms with Gasteiger partial charge in [-0.3, -0.25) is 0 Å². The molecule has 0 spiro atoms. The molecule has 2 heterocycles. The zero-order chi connectivity index (χ0) is 13.6. The summed E-state index contributed by atoms with van der Waals surface area (Å²) >= 11 is 0. The highest BCUT2D eigenvalue weighted by Gasteiger charge is 2.35. The summed E-state index contributed by atoms with van der Waals surface area (Å²) in [6, 6.07) is 8.07. The fourth-order valence-electron chi connectivity index (χ4n) is 2.21. The minimum Gasteiger partial charge on any atom is -0.507 e. The van der Waals surface area contributed by atoms with Crippen molar-refractivity contribution >= 4 is 5.97 Å². The number of esters is 1. The summed E-state index contributed by atoms with van der Waals surface area (Å²) in [7, 11) is 0. The number of ether oxygens (including phenoxy) is 1. The Hall–Kier alpha value is -2.56. The van der Waals surface area contributed by atoms with E-state index in [0.29, 0.717) is 16.9 Å². The van der Waals surface area contributed by atoms with Gasteiger partial charge in [0, 0.05) is 11.6 Å². The van der Waals surface area contributed by atoms with Gasteiger partial charge in [0.25, 0.3) is 0 Å². The standard InChI is InChI=1S/C14H10O5/c1-7-6-10(15)11(14(17)18-7)12-8-4-2-3-5-9(8)13(16)19-12/h2-6,12,15H,1H3/t12-/m1/s1. The number of carbonyl (C=O) groups excluding carboxylic acids is 1. The van der Waals surface area contributed by atoms with Crippen LogP contribution >= 0.6 is 0 Å². The molecule has 0 bridgehead atoms. The topological polar surface area (TPSA) is 76.7 Å². The Bertz CT molecular complexity index is 729. The van der Waals surface area contributed by atoms with Crippen LogP contribution in [0.15, 0.2) is 39.5 Å². The maximum Gasteiger partial charge on any atom is 0.347 e. The van der Waals surface area contributed by atoms with Gasteiger partial charge in [-0.05, 0) is 13.0 Å². The number of rotatable bonds is 1. The molecule has 1 aromatic carbocycles. The zero-order valence-corrected chi connectivity index (χ0v) is 10.0. The first-order valence-electron chi connectivity index (χ1n) is 5.71. The molecule has 5 heteroatoms. The number of aryl methyl sites for hydroxylation is 1. The van der Waals surface area contributed by atoms with Gasteiger partial charge in [0.2, 0.25) is 0 Å². The Balaban J connectivity index is 2.21. The Kier molecular flexibility index (Phi) is 2.41. The molecule has 1 N–H and O–H groups in total. The van der Waals surface area contributed by atoms with Gasteiger partial charge in [-0.1, -0.05) is 18.2 Å². The third-order valence-corrected chi connectivity index (χ3v) is 3.04. The van der Waals surface area contributed by atoms with E-state index in [1.54, 1.807) is 31.2 Å². The number of benzene rings is 1. The molecule has 0 amide bonds. The lowest BCUT2D eigenvalue weighted by molar-refractivity contribution is 0.0447. The first-order valence-corrected chi connectivity index (χ1v) is 5.71. The summed E-state index contributed by atoms with van der Waals surface area (Å²) < 4.78 is 10.1. The lowest BCUT2D eigenvalue weighted by Gasteiger charge is -2.11. The molecule has 1 aliphatic heterocycles. The van der Waals surface area contributed by atoms with E-state index in [1.165, 1.54) is 6.07 Å². The van der Waals surface area contributed by atoms with Crippen LogP contribution in [-0.2, 0) is 4.74 Å². The van der Waals surface area contributed by atoms with E-state index in [9.17, 15) is 14.7 Å². The lowest BCUT2D eigenvalue weighted by Crippen LogP contribution is -2.14. The Morgan fingerprint density at radius 3 is 2.68 bits per heavy atom. The van der Waals surface area contributed by atoms with Crippen LogP contribution < -0.4 is 5.63 Å². The van der Waals surface area contributed by atoms with E-state index >= 15 is 0 Å². The molecular weight excluding hydrogens is 248 g/mol. The molecule has 0 fully saturated rings. The summed E-state index contributed by atoms with van der Waals surface area (Å²) in [5, 5.41) is 9.89. The highest BCUT2D eigenvalue weighted by Crippen LogP contribution is 2.37. The largest absolute Gasteiger partial charge is 0.507 e. The molecule has 3 rings (SSSR count). The molecule has 5 nitrogen and oxygen atoms in total. The van der Waals surface area contributed by atoms with Gasteiger partial charge < -0.3 is 14.3 Å². The minimum atomic E-state index is -0.916. The van der Waals surface area contributed by atoms with E-state index in [-0.39, 0.29) is 11.3 Å². The number of hydrogen-bond acceptors (Lipinski definition) is 5. The number of hydrogen-bond donors (Lipinski definition) is 1. The van der Waals surface area contributed by atoms with Gasteiger partial charge in [0.15, 0.2) is 6.10 Å². The average molecular weight is 258 g/mol. The van der Waals surface area contributed by atoms with Crippen LogP contribution in [0.25, 0.3) is 0 Å². The SMILES string of the molecule is Cc1cc(O)c([C@@H]2OC(=O)c3ccccc32)c(=O)o1. The van der Waals surface area contributed by atoms with Crippen molar-refractivity contribution in [3.8, 4) is 5.75 Å². The van der Waals surface area contributed by atoms with Crippen LogP contribution in [-0.4, -0.2) is 11.1 Å². The summed E-state index contributed by atoms with van der Waals surface area (Å²) in [5.74, 6) is -0.452. The maximum absolute atomic E-state index is 11.8. The van der Waals surface area contributed by atoms with Crippen molar-refractivity contribution in [1.29, 1.82) is 0 Å². The van der Waals surface area contributed by atoms with Crippen LogP contribution in [0.2, 0.25) is 0 Å². The van der Waals surface area contributed by atoms with Crippen LogP contribution in [0.4, 0.5) is 0 Å². The molecule has 2 aromatic rings. The molecule has 19 heavy (non-hydrogen) atoms. The third kappa shape index (κ3) is 1.71. The smallest absolute Gasteiger partial charge is 0.347 e. The molecule has 0 saturated heterocycles. The van der Waals surface area contributed by atoms with Crippen molar-refractivity contribution in [2.45, 2.75) is 13.0 Å². The van der Waals surface area contributed by atoms with Crippen LogP contribution in [0.5, 0.6) is 5.75 Å². The Labute approximate surface area is 108 Å². The minimum absolute atomic E-state index is 0.0519. The molecule has 0 saturated carbocycles. The molecule has 1 atom stereocenters. The Morgan fingerprint density at radius 1 is 1.21 bits per heavy atom. The van der Waals surface area contributed by atoms with Crippen molar-refractivity contribution in [3.05, 3.63) is 63.2 Å². The van der Waals surface area contributed by atoms with Gasteiger partial charge in [-0.2, -0.15) is 0 Å². The van der Waals surface area contributed by atoms with Crippen molar-refractivity contribution in [2.24, 2.45) is 0 Å². The number of fused-ring (bicyclic) bond motifs is 1. The van der Waals surface area contributed by atoms with Crippen molar-refractivity contribution < 1.29 is 19.1 Å². The van der Waals surface area contributed by atoms with Gasteiger partial charge in [0.1, 0.15) is 17.1 Å². The Morgan fingerprint density at radius 2 is 1.95 bits per heavy atom. The van der Waals surface area contributed by atoms with Crippen LogP contribution in [0.1, 0.15) is 33.3 Å². The van der Waals surface area contributed by atoms with Crippen molar-refractivity contribution in [1.82, 2.24) is 0 Å². The van der Waals surface area contributed by atoms with Gasteiger partial charge in [0.05, 0.1) is 5.56 Å². The zero-order valence-electron chi connectivity index (χ0n) is 10.0. The normalized spacial score (nSPS) is 17.1. The second kappa shape index (κ2) is 3.98. The molecule has 1 aromatic heterocycles. The van der Waals surface area contributed by atoms with E-state index < -0.39 is 17.7 Å². The molecule has 96 valence electrons. The average Bonchev–Trinajstić information content (AvgIpc) is 2.67. The number of aromatic hydroxyl groups is 1. The molecule has 0 unspecified atom stereocenters. The first kappa shape index (κ1) is 11.5.